The predicted molar refractivity (Wildman–Crippen MR) is 104 cm³/mol. The van der Waals surface area contributed by atoms with E-state index in [-0.39, 0.29) is 16.9 Å². The fourth-order valence-electron chi connectivity index (χ4n) is 2.44. The van der Waals surface area contributed by atoms with Crippen LogP contribution >= 0.6 is 11.8 Å². The first-order valence-electron chi connectivity index (χ1n) is 8.50. The van der Waals surface area contributed by atoms with Crippen molar-refractivity contribution in [3.8, 4) is 5.69 Å². The quantitative estimate of drug-likeness (QED) is 0.498. The van der Waals surface area contributed by atoms with E-state index in [0.717, 1.165) is 5.69 Å². The number of para-hydroxylation sites is 1. The number of Topliss-reactive ketones (excluding diaryl/α,β-unsaturated/α-hetero) is 1. The fraction of sp³-hybridized carbons (Fsp3) is 0.211. The number of nitrogens with zero attached hydrogens (tertiary/aromatic N) is 4. The van der Waals surface area contributed by atoms with Gasteiger partial charge < -0.3 is 5.32 Å². The summed E-state index contributed by atoms with van der Waals surface area (Å²) in [5.74, 6) is -0.150. The average molecular weight is 381 g/mol. The van der Waals surface area contributed by atoms with Crippen LogP contribution in [-0.2, 0) is 4.79 Å². The monoisotopic (exact) mass is 381 g/mol. The van der Waals surface area contributed by atoms with Gasteiger partial charge in [-0.05, 0) is 60.2 Å². The summed E-state index contributed by atoms with van der Waals surface area (Å²) in [5, 5.41) is 14.9. The zero-order valence-corrected chi connectivity index (χ0v) is 15.8. The molecule has 0 aliphatic carbocycles. The number of nitrogens with one attached hydrogen (secondary N) is 1. The average Bonchev–Trinajstić information content (AvgIpc) is 3.15. The molecule has 138 valence electrons. The van der Waals surface area contributed by atoms with Crippen molar-refractivity contribution in [3.63, 3.8) is 0 Å². The number of benzene rings is 2. The van der Waals surface area contributed by atoms with E-state index in [1.807, 2.05) is 37.3 Å². The van der Waals surface area contributed by atoms with Gasteiger partial charge in [0.2, 0.25) is 11.1 Å². The van der Waals surface area contributed by atoms with Crippen molar-refractivity contribution in [1.82, 2.24) is 20.2 Å². The molecular formula is C19H19N5O2S. The van der Waals surface area contributed by atoms with Crippen LogP contribution in [0.25, 0.3) is 5.69 Å². The van der Waals surface area contributed by atoms with Gasteiger partial charge in [0.1, 0.15) is 0 Å². The lowest BCUT2D eigenvalue weighted by Gasteiger charge is -2.14. The number of thioether (sulfide) groups is 1. The molecule has 8 heteroatoms. The van der Waals surface area contributed by atoms with Gasteiger partial charge in [0, 0.05) is 11.3 Å². The molecule has 1 atom stereocenters. The van der Waals surface area contributed by atoms with Gasteiger partial charge >= 0.3 is 0 Å². The third kappa shape index (κ3) is 4.59. The molecule has 1 N–H and O–H groups in total. The summed E-state index contributed by atoms with van der Waals surface area (Å²) in [6.45, 7) is 3.45. The van der Waals surface area contributed by atoms with Crippen molar-refractivity contribution in [2.24, 2.45) is 0 Å². The second-order valence-corrected chi connectivity index (χ2v) is 7.02. The molecule has 3 rings (SSSR count). The van der Waals surface area contributed by atoms with Crippen molar-refractivity contribution in [3.05, 3.63) is 60.2 Å². The topological polar surface area (TPSA) is 89.8 Å². The highest BCUT2D eigenvalue weighted by molar-refractivity contribution is 8.00. The first-order valence-corrected chi connectivity index (χ1v) is 9.38. The van der Waals surface area contributed by atoms with Gasteiger partial charge in [-0.3, -0.25) is 9.59 Å². The Balaban J connectivity index is 1.71. The van der Waals surface area contributed by atoms with Gasteiger partial charge in [-0.15, -0.1) is 5.10 Å². The number of amides is 1. The van der Waals surface area contributed by atoms with Crippen molar-refractivity contribution < 1.29 is 9.59 Å². The highest BCUT2D eigenvalue weighted by Gasteiger charge is 2.22. The molecule has 1 heterocycles. The van der Waals surface area contributed by atoms with Gasteiger partial charge in [0.25, 0.3) is 0 Å². The van der Waals surface area contributed by atoms with Gasteiger partial charge in [0.15, 0.2) is 5.78 Å². The van der Waals surface area contributed by atoms with Gasteiger partial charge in [-0.2, -0.15) is 4.68 Å². The van der Waals surface area contributed by atoms with Crippen LogP contribution < -0.4 is 5.32 Å². The van der Waals surface area contributed by atoms with Crippen molar-refractivity contribution >= 4 is 29.1 Å². The third-order valence-corrected chi connectivity index (χ3v) is 5.21. The number of tetrazole rings is 1. The molecule has 0 saturated heterocycles. The van der Waals surface area contributed by atoms with Crippen LogP contribution in [-0.4, -0.2) is 37.1 Å². The summed E-state index contributed by atoms with van der Waals surface area (Å²) >= 11 is 1.31. The van der Waals surface area contributed by atoms with E-state index in [4.69, 9.17) is 0 Å². The second-order valence-electron chi connectivity index (χ2n) is 5.85. The number of hydrogen-bond donors (Lipinski definition) is 1. The maximum absolute atomic E-state index is 12.7. The number of ketones is 1. The maximum atomic E-state index is 12.7. The van der Waals surface area contributed by atoms with Gasteiger partial charge in [0.05, 0.1) is 10.9 Å². The number of anilines is 1. The van der Waals surface area contributed by atoms with Crippen LogP contribution in [0.15, 0.2) is 59.8 Å². The Morgan fingerprint density at radius 3 is 2.44 bits per heavy atom. The smallest absolute Gasteiger partial charge is 0.237 e. The molecule has 27 heavy (non-hydrogen) atoms. The van der Waals surface area contributed by atoms with Gasteiger partial charge in [-0.25, -0.2) is 0 Å². The summed E-state index contributed by atoms with van der Waals surface area (Å²) in [6.07, 6.45) is 0.615. The van der Waals surface area contributed by atoms with Gasteiger partial charge in [-0.1, -0.05) is 36.9 Å². The minimum atomic E-state index is -0.356. The lowest BCUT2D eigenvalue weighted by Crippen LogP contribution is -2.25. The minimum absolute atomic E-state index is 0.0115. The maximum Gasteiger partial charge on any atom is 0.237 e. The minimum Gasteiger partial charge on any atom is -0.325 e. The van der Waals surface area contributed by atoms with E-state index in [9.17, 15) is 9.59 Å². The summed E-state index contributed by atoms with van der Waals surface area (Å²) in [4.78, 5) is 24.0. The van der Waals surface area contributed by atoms with Crippen molar-refractivity contribution in [2.75, 3.05) is 5.32 Å². The van der Waals surface area contributed by atoms with Crippen LogP contribution in [0, 0.1) is 0 Å². The fourth-order valence-corrected chi connectivity index (χ4v) is 3.36. The first kappa shape index (κ1) is 18.8. The SMILES string of the molecule is CC[C@@H](Sc1nnnn1-c1ccccc1)C(=O)Nc1ccc(C(C)=O)cc1. The summed E-state index contributed by atoms with van der Waals surface area (Å²) in [6, 6.07) is 16.4. The molecule has 0 bridgehead atoms. The van der Waals surface area contributed by atoms with E-state index >= 15 is 0 Å². The summed E-state index contributed by atoms with van der Waals surface area (Å²) in [5.41, 5.74) is 2.09. The van der Waals surface area contributed by atoms with Crippen LogP contribution in [0.4, 0.5) is 5.69 Å². The molecule has 2 aromatic carbocycles. The standard InChI is InChI=1S/C19H19N5O2S/c1-3-17(18(26)20-15-11-9-14(10-12-15)13(2)25)27-19-21-22-23-24(19)16-7-5-4-6-8-16/h4-12,17H,3H2,1-2H3,(H,20,26)/t17-/m1/s1. The van der Waals surface area contributed by atoms with E-state index in [0.29, 0.717) is 22.8 Å². The number of aromatic nitrogens is 4. The Morgan fingerprint density at radius 2 is 1.81 bits per heavy atom. The summed E-state index contributed by atoms with van der Waals surface area (Å²) < 4.78 is 1.61. The van der Waals surface area contributed by atoms with Crippen molar-refractivity contribution in [1.29, 1.82) is 0 Å². The molecule has 1 amide bonds. The molecule has 0 unspecified atom stereocenters. The molecule has 0 radical (unpaired) electrons. The first-order chi connectivity index (χ1) is 13.1. The Kier molecular flexibility index (Phi) is 5.97. The van der Waals surface area contributed by atoms with E-state index in [1.54, 1.807) is 28.9 Å². The number of rotatable bonds is 7. The third-order valence-electron chi connectivity index (χ3n) is 3.91. The molecule has 1 aromatic heterocycles. The van der Waals surface area contributed by atoms with E-state index in [1.165, 1.54) is 18.7 Å². The Labute approximate surface area is 161 Å². The number of carbonyl (C=O) groups is 2. The van der Waals surface area contributed by atoms with Crippen molar-refractivity contribution in [2.45, 2.75) is 30.7 Å². The Morgan fingerprint density at radius 1 is 1.11 bits per heavy atom. The van der Waals surface area contributed by atoms with Crippen LogP contribution in [0.2, 0.25) is 0 Å². The Bertz CT molecular complexity index is 925. The zero-order chi connectivity index (χ0) is 19.2. The number of hydrogen-bond acceptors (Lipinski definition) is 6. The molecule has 0 aliphatic heterocycles. The zero-order valence-electron chi connectivity index (χ0n) is 15.0. The molecule has 7 nitrogen and oxygen atoms in total. The molecular weight excluding hydrogens is 362 g/mol. The molecule has 0 spiro atoms. The lowest BCUT2D eigenvalue weighted by atomic mass is 10.1. The van der Waals surface area contributed by atoms with E-state index < -0.39 is 0 Å². The molecule has 3 aromatic rings. The molecule has 0 aliphatic rings. The molecule has 0 fully saturated rings. The number of carbonyl (C=O) groups excluding carboxylic acids is 2. The highest BCUT2D eigenvalue weighted by Crippen LogP contribution is 2.26. The highest BCUT2D eigenvalue weighted by atomic mass is 32.2. The van der Waals surface area contributed by atoms with Crippen LogP contribution in [0.3, 0.4) is 0 Å². The second kappa shape index (κ2) is 8.59. The lowest BCUT2D eigenvalue weighted by molar-refractivity contribution is -0.115. The van der Waals surface area contributed by atoms with Crippen LogP contribution in [0.1, 0.15) is 30.6 Å². The predicted octanol–water partition coefficient (Wildman–Crippen LogP) is 3.37. The van der Waals surface area contributed by atoms with E-state index in [2.05, 4.69) is 20.8 Å². The molecule has 0 saturated carbocycles. The van der Waals surface area contributed by atoms with Crippen LogP contribution in [0.5, 0.6) is 0 Å². The Hall–Kier alpha value is -3.00. The normalized spacial score (nSPS) is 11.8. The summed E-state index contributed by atoms with van der Waals surface area (Å²) in [7, 11) is 0. The largest absolute Gasteiger partial charge is 0.325 e.